The number of amides is 1. The molecule has 0 bridgehead atoms. The summed E-state index contributed by atoms with van der Waals surface area (Å²) in [7, 11) is 1.55. The van der Waals surface area contributed by atoms with E-state index in [-0.39, 0.29) is 6.23 Å². The third-order valence-corrected chi connectivity index (χ3v) is 1.56. The molecule has 1 unspecified atom stereocenters. The highest BCUT2D eigenvalue weighted by Crippen LogP contribution is 2.11. The lowest BCUT2D eigenvalue weighted by Crippen LogP contribution is -2.20. The molecule has 1 N–H and O–H groups in total. The van der Waals surface area contributed by atoms with Crippen LogP contribution in [0.3, 0.4) is 0 Å². The second kappa shape index (κ2) is 4.51. The predicted octanol–water partition coefficient (Wildman–Crippen LogP) is 1.08. The lowest BCUT2D eigenvalue weighted by molar-refractivity contribution is -0.113. The Morgan fingerprint density at radius 2 is 2.08 bits per heavy atom. The molecule has 64 valence electrons. The Bertz CT molecular complexity index is 236. The molecule has 3 heteroatoms. The molecule has 1 rings (SSSR count). The third kappa shape index (κ3) is 2.07. The highest BCUT2D eigenvalue weighted by Gasteiger charge is 2.06. The van der Waals surface area contributed by atoms with Crippen molar-refractivity contribution >= 4 is 6.41 Å². The highest BCUT2D eigenvalue weighted by molar-refractivity contribution is 5.47. The molecule has 0 heterocycles. The number of methoxy groups -OCH3 is 1. The molecule has 0 fully saturated rings. The fraction of sp³-hybridized carbons (Fsp3) is 0.222. The summed E-state index contributed by atoms with van der Waals surface area (Å²) < 4.78 is 5.03. The molecule has 1 aromatic rings. The van der Waals surface area contributed by atoms with E-state index in [9.17, 15) is 4.79 Å². The van der Waals surface area contributed by atoms with Gasteiger partial charge in [0, 0.05) is 12.7 Å². The van der Waals surface area contributed by atoms with E-state index >= 15 is 0 Å². The van der Waals surface area contributed by atoms with Crippen molar-refractivity contribution in [1.29, 1.82) is 0 Å². The average molecular weight is 165 g/mol. The Hall–Kier alpha value is -1.35. The van der Waals surface area contributed by atoms with Gasteiger partial charge in [-0.25, -0.2) is 0 Å². The van der Waals surface area contributed by atoms with E-state index in [0.717, 1.165) is 5.56 Å². The van der Waals surface area contributed by atoms with Gasteiger partial charge in [-0.15, -0.1) is 0 Å². The van der Waals surface area contributed by atoms with Crippen LogP contribution in [0.15, 0.2) is 30.3 Å². The number of hydrogen-bond acceptors (Lipinski definition) is 2. The standard InChI is InChI=1S/C9H11NO2/c1-12-9(10-7-11)8-5-3-2-4-6-8/h2-7,9H,1H3,(H,10,11). The molecular weight excluding hydrogens is 154 g/mol. The summed E-state index contributed by atoms with van der Waals surface area (Å²) >= 11 is 0. The summed E-state index contributed by atoms with van der Waals surface area (Å²) in [5.74, 6) is 0. The van der Waals surface area contributed by atoms with Gasteiger partial charge in [-0.05, 0) is 0 Å². The number of rotatable bonds is 4. The van der Waals surface area contributed by atoms with Crippen molar-refractivity contribution < 1.29 is 9.53 Å². The van der Waals surface area contributed by atoms with Crippen molar-refractivity contribution in [2.75, 3.05) is 7.11 Å². The van der Waals surface area contributed by atoms with E-state index in [2.05, 4.69) is 5.32 Å². The number of hydrogen-bond donors (Lipinski definition) is 1. The van der Waals surface area contributed by atoms with Gasteiger partial charge in [0.1, 0.15) is 0 Å². The quantitative estimate of drug-likeness (QED) is 0.535. The number of carbonyl (C=O) groups is 1. The van der Waals surface area contributed by atoms with Crippen LogP contribution >= 0.6 is 0 Å². The van der Waals surface area contributed by atoms with Crippen LogP contribution in [0, 0.1) is 0 Å². The van der Waals surface area contributed by atoms with Gasteiger partial charge >= 0.3 is 0 Å². The summed E-state index contributed by atoms with van der Waals surface area (Å²) in [4.78, 5) is 10.2. The Balaban J connectivity index is 2.72. The maximum absolute atomic E-state index is 10.2. The predicted molar refractivity (Wildman–Crippen MR) is 45.4 cm³/mol. The first-order valence-electron chi connectivity index (χ1n) is 3.66. The van der Waals surface area contributed by atoms with Gasteiger partial charge in [-0.3, -0.25) is 4.79 Å². The van der Waals surface area contributed by atoms with E-state index in [1.54, 1.807) is 7.11 Å². The van der Waals surface area contributed by atoms with Crippen molar-refractivity contribution in [3.63, 3.8) is 0 Å². The van der Waals surface area contributed by atoms with Crippen LogP contribution in [0.5, 0.6) is 0 Å². The van der Waals surface area contributed by atoms with E-state index in [1.165, 1.54) is 0 Å². The van der Waals surface area contributed by atoms with Crippen molar-refractivity contribution in [1.82, 2.24) is 5.32 Å². The minimum absolute atomic E-state index is 0.344. The Morgan fingerprint density at radius 3 is 2.58 bits per heavy atom. The highest BCUT2D eigenvalue weighted by atomic mass is 16.5. The lowest BCUT2D eigenvalue weighted by Gasteiger charge is -2.13. The normalized spacial score (nSPS) is 12.1. The molecule has 0 aliphatic rings. The van der Waals surface area contributed by atoms with Crippen molar-refractivity contribution in [3.8, 4) is 0 Å². The molecular formula is C9H11NO2. The van der Waals surface area contributed by atoms with E-state index < -0.39 is 0 Å². The van der Waals surface area contributed by atoms with Gasteiger partial charge in [0.15, 0.2) is 6.23 Å². The molecule has 0 aliphatic heterocycles. The summed E-state index contributed by atoms with van der Waals surface area (Å²) in [6, 6.07) is 9.49. The SMILES string of the molecule is COC(NC=O)c1ccccc1. The second-order valence-electron chi connectivity index (χ2n) is 2.31. The number of carbonyl (C=O) groups excluding carboxylic acids is 1. The average Bonchev–Trinajstić information content (AvgIpc) is 2.15. The zero-order valence-electron chi connectivity index (χ0n) is 6.86. The molecule has 12 heavy (non-hydrogen) atoms. The van der Waals surface area contributed by atoms with Crippen LogP contribution in [0.4, 0.5) is 0 Å². The molecule has 0 saturated carbocycles. The van der Waals surface area contributed by atoms with Crippen LogP contribution in [0.2, 0.25) is 0 Å². The fourth-order valence-corrected chi connectivity index (χ4v) is 0.990. The van der Waals surface area contributed by atoms with Crippen LogP contribution in [0.25, 0.3) is 0 Å². The molecule has 0 aromatic heterocycles. The van der Waals surface area contributed by atoms with Crippen LogP contribution < -0.4 is 5.32 Å². The minimum Gasteiger partial charge on any atom is -0.357 e. The van der Waals surface area contributed by atoms with E-state index in [1.807, 2.05) is 30.3 Å². The van der Waals surface area contributed by atoms with E-state index in [0.29, 0.717) is 6.41 Å². The first-order chi connectivity index (χ1) is 5.88. The maximum atomic E-state index is 10.2. The van der Waals surface area contributed by atoms with Crippen LogP contribution in [0.1, 0.15) is 11.8 Å². The van der Waals surface area contributed by atoms with Crippen molar-refractivity contribution in [2.24, 2.45) is 0 Å². The van der Waals surface area contributed by atoms with E-state index in [4.69, 9.17) is 4.74 Å². The number of nitrogens with one attached hydrogen (secondary N) is 1. The second-order valence-corrected chi connectivity index (χ2v) is 2.31. The molecule has 0 aliphatic carbocycles. The van der Waals surface area contributed by atoms with Gasteiger partial charge in [-0.1, -0.05) is 30.3 Å². The van der Waals surface area contributed by atoms with Gasteiger partial charge in [0.2, 0.25) is 6.41 Å². The summed E-state index contributed by atoms with van der Waals surface area (Å²) in [6.45, 7) is 0. The zero-order valence-corrected chi connectivity index (χ0v) is 6.86. The Kier molecular flexibility index (Phi) is 3.29. The van der Waals surface area contributed by atoms with Gasteiger partial charge < -0.3 is 10.1 Å². The number of benzene rings is 1. The molecule has 0 saturated heterocycles. The van der Waals surface area contributed by atoms with Crippen LogP contribution in [-0.4, -0.2) is 13.5 Å². The first kappa shape index (κ1) is 8.74. The third-order valence-electron chi connectivity index (χ3n) is 1.56. The smallest absolute Gasteiger partial charge is 0.209 e. The van der Waals surface area contributed by atoms with Crippen LogP contribution in [-0.2, 0) is 9.53 Å². The zero-order chi connectivity index (χ0) is 8.81. The largest absolute Gasteiger partial charge is 0.357 e. The lowest BCUT2D eigenvalue weighted by atomic mass is 10.2. The van der Waals surface area contributed by atoms with Crippen molar-refractivity contribution in [3.05, 3.63) is 35.9 Å². The summed E-state index contributed by atoms with van der Waals surface area (Å²) in [5.41, 5.74) is 0.937. The molecule has 1 aromatic carbocycles. The molecule has 3 nitrogen and oxygen atoms in total. The van der Waals surface area contributed by atoms with Gasteiger partial charge in [0.05, 0.1) is 0 Å². The fourth-order valence-electron chi connectivity index (χ4n) is 0.990. The maximum Gasteiger partial charge on any atom is 0.209 e. The minimum atomic E-state index is -0.344. The van der Waals surface area contributed by atoms with Gasteiger partial charge in [-0.2, -0.15) is 0 Å². The summed E-state index contributed by atoms with van der Waals surface area (Å²) in [6.07, 6.45) is 0.282. The summed E-state index contributed by atoms with van der Waals surface area (Å²) in [5, 5.41) is 2.55. The molecule has 1 amide bonds. The van der Waals surface area contributed by atoms with Crippen molar-refractivity contribution in [2.45, 2.75) is 6.23 Å². The Morgan fingerprint density at radius 1 is 1.42 bits per heavy atom. The van der Waals surface area contributed by atoms with Gasteiger partial charge in [0.25, 0.3) is 0 Å². The molecule has 0 spiro atoms. The monoisotopic (exact) mass is 165 g/mol. The first-order valence-corrected chi connectivity index (χ1v) is 3.66. The molecule has 1 atom stereocenters. The topological polar surface area (TPSA) is 38.3 Å². The molecule has 0 radical (unpaired) electrons. The Labute approximate surface area is 71.4 Å². The number of ether oxygens (including phenoxy) is 1.